The van der Waals surface area contributed by atoms with Gasteiger partial charge in [-0.15, -0.1) is 39.7 Å². The van der Waals surface area contributed by atoms with Gasteiger partial charge in [-0.05, 0) is 5.39 Å². The minimum absolute atomic E-state index is 0. The summed E-state index contributed by atoms with van der Waals surface area (Å²) >= 11 is 1.36. The minimum Gasteiger partial charge on any atom is -0.184 e. The molecule has 35 heavy (non-hydrogen) atoms. The molecule has 0 aliphatic carbocycles. The Balaban J connectivity index is 0.000000203. The molecule has 6 aromatic rings. The van der Waals surface area contributed by atoms with Gasteiger partial charge in [0, 0.05) is 0 Å². The fourth-order valence-electron chi connectivity index (χ4n) is 4.20. The predicted molar refractivity (Wildman–Crippen MR) is 153 cm³/mol. The standard InChI is InChI=1S/C17H11.C9H13.C6H5.CH3.Si.Zr/c1-3-7-15-12(5-1)9-10-14-11-13-6-2-4-8-16(13)17(14)15;1-6-5-7(2)9(4)8(6)3;1-2-4-6-5-3-1;;;/h1-11H;5H,1-4H3;1-5H;1H3;;/q4*-1;;. The summed E-state index contributed by atoms with van der Waals surface area (Å²) < 4.78 is 0. The Morgan fingerprint density at radius 1 is 0.600 bits per heavy atom. The monoisotopic (exact) mass is 546 g/mol. The fourth-order valence-corrected chi connectivity index (χ4v) is 4.20. The molecule has 6 aromatic carbocycles. The summed E-state index contributed by atoms with van der Waals surface area (Å²) in [4.78, 5) is 0. The number of hydrogen-bond acceptors (Lipinski definition) is 0. The van der Waals surface area contributed by atoms with Crippen molar-refractivity contribution in [2.45, 2.75) is 27.7 Å². The average molecular weight is 548 g/mol. The third-order valence-electron chi connectivity index (χ3n) is 6.29. The van der Waals surface area contributed by atoms with Gasteiger partial charge >= 0.3 is 30.2 Å². The first-order valence-corrected chi connectivity index (χ1v) is 15.6. The largest absolute Gasteiger partial charge is 0.184 e. The van der Waals surface area contributed by atoms with Crippen LogP contribution in [0.2, 0.25) is 0 Å². The maximum atomic E-state index is 3.06. The fraction of sp³-hybridized carbons (Fsp3) is 0.121. The molecule has 0 aliphatic heterocycles. The Hall–Kier alpha value is -2.54. The molecule has 0 nitrogen and oxygen atoms in total. The third-order valence-corrected chi connectivity index (χ3v) is 6.29. The van der Waals surface area contributed by atoms with Crippen molar-refractivity contribution < 1.29 is 23.3 Å². The minimum atomic E-state index is 0. The Morgan fingerprint density at radius 3 is 1.69 bits per heavy atom. The van der Waals surface area contributed by atoms with Crippen molar-refractivity contribution >= 4 is 39.2 Å². The van der Waals surface area contributed by atoms with Gasteiger partial charge in [-0.25, -0.2) is 0 Å². The quantitative estimate of drug-likeness (QED) is 0.131. The van der Waals surface area contributed by atoms with E-state index in [9.17, 15) is 0 Å². The van der Waals surface area contributed by atoms with Crippen LogP contribution in [0.5, 0.6) is 0 Å². The van der Waals surface area contributed by atoms with Gasteiger partial charge in [0.25, 0.3) is 0 Å². The summed E-state index contributed by atoms with van der Waals surface area (Å²) in [6.45, 7) is 11.7. The van der Waals surface area contributed by atoms with Gasteiger partial charge in [0.2, 0.25) is 0 Å². The van der Waals surface area contributed by atoms with E-state index in [0.717, 1.165) is 0 Å². The Bertz CT molecular complexity index is 1420. The van der Waals surface area contributed by atoms with Gasteiger partial charge in [0.05, 0.1) is 0 Å². The molecule has 176 valence electrons. The normalized spacial score (nSPS) is 9.69. The SMILES string of the molecule is Cc1[cH-]c(C)c(C)c1C.[CH3-].[Si]=[Zr].[c-]1ccccc1.c1ccc2c(c1)ccc1[cH-]c3ccccc3c12. The van der Waals surface area contributed by atoms with Gasteiger partial charge in [0.15, 0.2) is 0 Å². The van der Waals surface area contributed by atoms with Crippen LogP contribution in [0.1, 0.15) is 22.3 Å². The Labute approximate surface area is 227 Å². The van der Waals surface area contributed by atoms with E-state index in [-0.39, 0.29) is 7.43 Å². The molecule has 6 rings (SSSR count). The summed E-state index contributed by atoms with van der Waals surface area (Å²) in [5.74, 6) is 0. The molecule has 0 bridgehead atoms. The smallest absolute Gasteiger partial charge is 0.0333 e. The van der Waals surface area contributed by atoms with Gasteiger partial charge in [-0.1, -0.05) is 81.6 Å². The predicted octanol–water partition coefficient (Wildman–Crippen LogP) is 9.06. The van der Waals surface area contributed by atoms with Crippen LogP contribution in [0.3, 0.4) is 0 Å². The number of rotatable bonds is 0. The van der Waals surface area contributed by atoms with Crippen molar-refractivity contribution in [2.24, 2.45) is 0 Å². The van der Waals surface area contributed by atoms with E-state index in [1.54, 1.807) is 0 Å². The molecule has 0 saturated heterocycles. The number of aryl methyl sites for hydroxylation is 2. The molecular weight excluding hydrogens is 516 g/mol. The van der Waals surface area contributed by atoms with Crippen LogP contribution in [-0.4, -0.2) is 6.88 Å². The summed E-state index contributed by atoms with van der Waals surface area (Å²) in [5, 5.41) is 8.09. The van der Waals surface area contributed by atoms with E-state index in [4.69, 9.17) is 0 Å². The molecule has 0 amide bonds. The van der Waals surface area contributed by atoms with Crippen LogP contribution in [0.4, 0.5) is 0 Å². The van der Waals surface area contributed by atoms with Crippen molar-refractivity contribution in [1.29, 1.82) is 0 Å². The molecule has 0 saturated carbocycles. The van der Waals surface area contributed by atoms with Crippen LogP contribution in [0, 0.1) is 41.2 Å². The first-order valence-electron chi connectivity index (χ1n) is 11.4. The van der Waals surface area contributed by atoms with Crippen molar-refractivity contribution in [3.63, 3.8) is 0 Å². The maximum absolute atomic E-state index is 3.06. The van der Waals surface area contributed by atoms with E-state index in [0.29, 0.717) is 0 Å². The molecular formula is C33H32SiZr-4. The summed E-state index contributed by atoms with van der Waals surface area (Å²) in [5.41, 5.74) is 5.75. The molecule has 2 heteroatoms. The molecule has 0 atom stereocenters. The topological polar surface area (TPSA) is 0 Å². The molecule has 2 radical (unpaired) electrons. The van der Waals surface area contributed by atoms with Gasteiger partial charge in [0.1, 0.15) is 0 Å². The molecule has 0 fully saturated rings. The molecule has 0 N–H and O–H groups in total. The zero-order chi connectivity index (χ0) is 24.5. The van der Waals surface area contributed by atoms with Crippen LogP contribution < -0.4 is 0 Å². The van der Waals surface area contributed by atoms with E-state index in [2.05, 4.69) is 113 Å². The molecule has 0 unspecified atom stereocenters. The molecule has 0 heterocycles. The first kappa shape index (κ1) is 28.7. The van der Waals surface area contributed by atoms with Gasteiger partial charge < -0.3 is 7.43 Å². The van der Waals surface area contributed by atoms with Crippen LogP contribution >= 0.6 is 0 Å². The van der Waals surface area contributed by atoms with Gasteiger partial charge in [-0.2, -0.15) is 64.7 Å². The van der Waals surface area contributed by atoms with Crippen molar-refractivity contribution in [1.82, 2.24) is 0 Å². The second-order valence-electron chi connectivity index (χ2n) is 8.32. The van der Waals surface area contributed by atoms with Crippen molar-refractivity contribution in [2.75, 3.05) is 0 Å². The summed E-state index contributed by atoms with van der Waals surface area (Å²) in [6, 6.07) is 38.7. The van der Waals surface area contributed by atoms with E-state index in [1.165, 1.54) is 77.9 Å². The summed E-state index contributed by atoms with van der Waals surface area (Å²) in [7, 11) is 0. The number of hydrogen-bond donors (Lipinski definition) is 0. The maximum Gasteiger partial charge on any atom is -0.0333 e. The van der Waals surface area contributed by atoms with Crippen LogP contribution in [0.15, 0.2) is 103 Å². The second kappa shape index (κ2) is 14.1. The van der Waals surface area contributed by atoms with Crippen molar-refractivity contribution in [3.05, 3.63) is 139 Å². The number of benzene rings is 4. The van der Waals surface area contributed by atoms with Gasteiger partial charge in [-0.3, -0.25) is 0 Å². The van der Waals surface area contributed by atoms with E-state index < -0.39 is 0 Å². The first-order chi connectivity index (χ1) is 16.6. The number of fused-ring (bicyclic) bond motifs is 5. The van der Waals surface area contributed by atoms with Crippen LogP contribution in [0.25, 0.3) is 32.3 Å². The summed E-state index contributed by atoms with van der Waals surface area (Å²) in [6.07, 6.45) is 0. The second-order valence-corrected chi connectivity index (χ2v) is 8.32. The Morgan fingerprint density at radius 2 is 1.17 bits per heavy atom. The Kier molecular flexibility index (Phi) is 11.6. The molecule has 0 spiro atoms. The third kappa shape index (κ3) is 7.00. The van der Waals surface area contributed by atoms with E-state index >= 15 is 0 Å². The van der Waals surface area contributed by atoms with E-state index in [1.807, 2.05) is 30.3 Å². The average Bonchev–Trinajstić information content (AvgIpc) is 3.39. The van der Waals surface area contributed by atoms with Crippen molar-refractivity contribution in [3.8, 4) is 0 Å². The van der Waals surface area contributed by atoms with Crippen LogP contribution in [-0.2, 0) is 23.3 Å². The molecule has 0 aromatic heterocycles. The zero-order valence-corrected chi connectivity index (χ0v) is 24.8. The zero-order valence-electron chi connectivity index (χ0n) is 21.3. The molecule has 0 aliphatic rings.